The van der Waals surface area contributed by atoms with Gasteiger partial charge in [-0.2, -0.15) is 0 Å². The highest BCUT2D eigenvalue weighted by Gasteiger charge is 2.15. The molecule has 18 heavy (non-hydrogen) atoms. The molecule has 100 valence electrons. The summed E-state index contributed by atoms with van der Waals surface area (Å²) in [6, 6.07) is 0. The van der Waals surface area contributed by atoms with Crippen LogP contribution in [-0.2, 0) is 13.1 Å². The van der Waals surface area contributed by atoms with E-state index >= 15 is 0 Å². The van der Waals surface area contributed by atoms with Crippen molar-refractivity contribution < 1.29 is 0 Å². The Morgan fingerprint density at radius 2 is 1.78 bits per heavy atom. The lowest BCUT2D eigenvalue weighted by molar-refractivity contribution is 0.235. The average Bonchev–Trinajstić information content (AvgIpc) is 3.03. The fourth-order valence-electron chi connectivity index (χ4n) is 2.72. The minimum Gasteiger partial charge on any atom is -0.314 e. The SMILES string of the molecule is c1nc(CN2CCCC2)sc1CN1CCNCC1. The van der Waals surface area contributed by atoms with Crippen LogP contribution < -0.4 is 5.32 Å². The van der Waals surface area contributed by atoms with Crippen molar-refractivity contribution in [1.82, 2.24) is 20.1 Å². The fourth-order valence-corrected chi connectivity index (χ4v) is 3.72. The zero-order chi connectivity index (χ0) is 12.2. The predicted molar refractivity (Wildman–Crippen MR) is 74.8 cm³/mol. The number of aromatic nitrogens is 1. The molecule has 0 saturated carbocycles. The number of likely N-dealkylation sites (tertiary alicyclic amines) is 1. The lowest BCUT2D eigenvalue weighted by atomic mass is 10.3. The summed E-state index contributed by atoms with van der Waals surface area (Å²) < 4.78 is 0. The van der Waals surface area contributed by atoms with E-state index < -0.39 is 0 Å². The molecule has 0 spiro atoms. The van der Waals surface area contributed by atoms with E-state index in [1.807, 2.05) is 11.3 Å². The Hall–Kier alpha value is -0.490. The number of thiazole rings is 1. The Kier molecular flexibility index (Phi) is 4.25. The Morgan fingerprint density at radius 1 is 1.06 bits per heavy atom. The summed E-state index contributed by atoms with van der Waals surface area (Å²) in [5, 5.41) is 4.69. The van der Waals surface area contributed by atoms with Crippen molar-refractivity contribution in [3.05, 3.63) is 16.1 Å². The van der Waals surface area contributed by atoms with Crippen molar-refractivity contribution in [2.75, 3.05) is 39.3 Å². The van der Waals surface area contributed by atoms with Crippen molar-refractivity contribution in [2.45, 2.75) is 25.9 Å². The molecule has 0 radical (unpaired) electrons. The molecule has 0 aromatic carbocycles. The molecule has 2 aliphatic rings. The number of rotatable bonds is 4. The first kappa shape index (κ1) is 12.5. The van der Waals surface area contributed by atoms with Gasteiger partial charge < -0.3 is 5.32 Å². The summed E-state index contributed by atoms with van der Waals surface area (Å²) in [5.74, 6) is 0. The molecule has 3 heterocycles. The van der Waals surface area contributed by atoms with Gasteiger partial charge in [-0.25, -0.2) is 4.98 Å². The first-order valence-electron chi connectivity index (χ1n) is 6.99. The normalized spacial score (nSPS) is 22.7. The van der Waals surface area contributed by atoms with Crippen LogP contribution in [0.2, 0.25) is 0 Å². The van der Waals surface area contributed by atoms with Gasteiger partial charge in [0.15, 0.2) is 0 Å². The Morgan fingerprint density at radius 3 is 2.56 bits per heavy atom. The van der Waals surface area contributed by atoms with Crippen molar-refractivity contribution in [2.24, 2.45) is 0 Å². The Labute approximate surface area is 113 Å². The molecule has 0 bridgehead atoms. The third-order valence-corrected chi connectivity index (χ3v) is 4.71. The first-order chi connectivity index (χ1) is 8.90. The van der Waals surface area contributed by atoms with E-state index in [2.05, 4.69) is 26.3 Å². The number of nitrogens with zero attached hydrogens (tertiary/aromatic N) is 3. The van der Waals surface area contributed by atoms with Crippen LogP contribution in [0.3, 0.4) is 0 Å². The minimum absolute atomic E-state index is 1.06. The molecule has 1 aromatic heterocycles. The topological polar surface area (TPSA) is 31.4 Å². The van der Waals surface area contributed by atoms with Crippen LogP contribution in [0.15, 0.2) is 6.20 Å². The maximum Gasteiger partial charge on any atom is 0.107 e. The van der Waals surface area contributed by atoms with E-state index in [9.17, 15) is 0 Å². The summed E-state index contributed by atoms with van der Waals surface area (Å²) in [4.78, 5) is 11.0. The fraction of sp³-hybridized carbons (Fsp3) is 0.769. The van der Waals surface area contributed by atoms with E-state index in [4.69, 9.17) is 0 Å². The molecule has 2 saturated heterocycles. The van der Waals surface area contributed by atoms with Crippen LogP contribution in [0.4, 0.5) is 0 Å². The molecule has 4 nitrogen and oxygen atoms in total. The van der Waals surface area contributed by atoms with Gasteiger partial charge in [0.2, 0.25) is 0 Å². The molecule has 0 aliphatic carbocycles. The maximum atomic E-state index is 4.58. The van der Waals surface area contributed by atoms with Gasteiger partial charge in [0, 0.05) is 43.8 Å². The first-order valence-corrected chi connectivity index (χ1v) is 7.81. The maximum absolute atomic E-state index is 4.58. The number of piperazine rings is 1. The molecule has 2 aliphatic heterocycles. The summed E-state index contributed by atoms with van der Waals surface area (Å²) in [7, 11) is 0. The van der Waals surface area contributed by atoms with Gasteiger partial charge in [0.25, 0.3) is 0 Å². The highest BCUT2D eigenvalue weighted by molar-refractivity contribution is 7.11. The van der Waals surface area contributed by atoms with E-state index in [0.717, 1.165) is 26.2 Å². The van der Waals surface area contributed by atoms with Crippen LogP contribution in [0.5, 0.6) is 0 Å². The molecule has 0 unspecified atom stereocenters. The molecule has 0 amide bonds. The number of nitrogens with one attached hydrogen (secondary N) is 1. The Bertz CT molecular complexity index is 367. The average molecular weight is 266 g/mol. The predicted octanol–water partition coefficient (Wildman–Crippen LogP) is 1.14. The molecule has 1 N–H and O–H groups in total. The third-order valence-electron chi connectivity index (χ3n) is 3.75. The van der Waals surface area contributed by atoms with Crippen LogP contribution in [-0.4, -0.2) is 54.1 Å². The number of hydrogen-bond acceptors (Lipinski definition) is 5. The summed E-state index contributed by atoms with van der Waals surface area (Å²) in [5.41, 5.74) is 0. The van der Waals surface area contributed by atoms with Crippen LogP contribution in [0, 0.1) is 0 Å². The second-order valence-corrected chi connectivity index (χ2v) is 6.43. The van der Waals surface area contributed by atoms with Crippen LogP contribution in [0.25, 0.3) is 0 Å². The van der Waals surface area contributed by atoms with Crippen LogP contribution >= 0.6 is 11.3 Å². The van der Waals surface area contributed by atoms with Crippen LogP contribution in [0.1, 0.15) is 22.7 Å². The van der Waals surface area contributed by atoms with Gasteiger partial charge in [-0.05, 0) is 25.9 Å². The molecule has 5 heteroatoms. The molecular formula is C13H22N4S. The molecule has 3 rings (SSSR count). The molecule has 2 fully saturated rings. The van der Waals surface area contributed by atoms with E-state index in [1.165, 1.54) is 48.9 Å². The Balaban J connectivity index is 1.52. The van der Waals surface area contributed by atoms with Crippen molar-refractivity contribution in [3.63, 3.8) is 0 Å². The standard InChI is InChI=1S/C13H22N4S/c1-2-6-16(5-1)11-13-15-9-12(18-13)10-17-7-3-14-4-8-17/h9,14H,1-8,10-11H2. The highest BCUT2D eigenvalue weighted by atomic mass is 32.1. The van der Waals surface area contributed by atoms with E-state index in [1.54, 1.807) is 0 Å². The van der Waals surface area contributed by atoms with Crippen molar-refractivity contribution in [3.8, 4) is 0 Å². The zero-order valence-corrected chi connectivity index (χ0v) is 11.7. The number of hydrogen-bond donors (Lipinski definition) is 1. The lowest BCUT2D eigenvalue weighted by Crippen LogP contribution is -2.42. The monoisotopic (exact) mass is 266 g/mol. The quantitative estimate of drug-likeness (QED) is 0.886. The molecular weight excluding hydrogens is 244 g/mol. The van der Waals surface area contributed by atoms with Crippen molar-refractivity contribution in [1.29, 1.82) is 0 Å². The molecule has 0 atom stereocenters. The van der Waals surface area contributed by atoms with E-state index in [-0.39, 0.29) is 0 Å². The zero-order valence-electron chi connectivity index (χ0n) is 10.9. The summed E-state index contributed by atoms with van der Waals surface area (Å²) in [6.07, 6.45) is 4.80. The van der Waals surface area contributed by atoms with Gasteiger partial charge in [-0.3, -0.25) is 9.80 Å². The van der Waals surface area contributed by atoms with Crippen molar-refractivity contribution >= 4 is 11.3 Å². The van der Waals surface area contributed by atoms with Gasteiger partial charge in [0.05, 0.1) is 6.54 Å². The lowest BCUT2D eigenvalue weighted by Gasteiger charge is -2.26. The smallest absolute Gasteiger partial charge is 0.107 e. The highest BCUT2D eigenvalue weighted by Crippen LogP contribution is 2.19. The van der Waals surface area contributed by atoms with Gasteiger partial charge in [-0.1, -0.05) is 0 Å². The largest absolute Gasteiger partial charge is 0.314 e. The van der Waals surface area contributed by atoms with Gasteiger partial charge in [-0.15, -0.1) is 11.3 Å². The second-order valence-electron chi connectivity index (χ2n) is 5.23. The van der Waals surface area contributed by atoms with Gasteiger partial charge in [0.1, 0.15) is 5.01 Å². The third kappa shape index (κ3) is 3.29. The minimum atomic E-state index is 1.06. The van der Waals surface area contributed by atoms with Gasteiger partial charge >= 0.3 is 0 Å². The van der Waals surface area contributed by atoms with E-state index in [0.29, 0.717) is 0 Å². The summed E-state index contributed by atoms with van der Waals surface area (Å²) >= 11 is 1.90. The second kappa shape index (κ2) is 6.10. The molecule has 1 aromatic rings. The summed E-state index contributed by atoms with van der Waals surface area (Å²) in [6.45, 7) is 9.24.